The van der Waals surface area contributed by atoms with Crippen molar-refractivity contribution in [3.8, 4) is 11.1 Å². The molecule has 0 aliphatic carbocycles. The van der Waals surface area contributed by atoms with Gasteiger partial charge in [-0.25, -0.2) is 9.98 Å². The summed E-state index contributed by atoms with van der Waals surface area (Å²) in [6.45, 7) is 0. The monoisotopic (exact) mass is 657 g/mol. The lowest BCUT2D eigenvalue weighted by Crippen LogP contribution is -2.33. The van der Waals surface area contributed by atoms with Crippen LogP contribution in [0.4, 0.5) is 0 Å². The number of nitrogens with zero attached hydrogens (tertiary/aromatic N) is 2. The topological polar surface area (TPSA) is 76.2 Å². The van der Waals surface area contributed by atoms with Crippen molar-refractivity contribution in [1.82, 2.24) is 5.32 Å². The molecule has 3 aromatic heterocycles. The minimum Gasteiger partial charge on any atom is -0.456 e. The van der Waals surface area contributed by atoms with E-state index in [4.69, 9.17) is 23.2 Å². The van der Waals surface area contributed by atoms with Gasteiger partial charge in [0.1, 0.15) is 45.5 Å². The van der Waals surface area contributed by atoms with E-state index in [2.05, 4.69) is 84.2 Å². The van der Waals surface area contributed by atoms with Crippen molar-refractivity contribution in [3.63, 3.8) is 0 Å². The van der Waals surface area contributed by atoms with Gasteiger partial charge in [0.15, 0.2) is 5.84 Å². The molecule has 240 valence electrons. The van der Waals surface area contributed by atoms with Gasteiger partial charge in [0, 0.05) is 49.0 Å². The highest BCUT2D eigenvalue weighted by Gasteiger charge is 2.26. The lowest BCUT2D eigenvalue weighted by atomic mass is 10.00. The normalized spacial score (nSPS) is 14.9. The van der Waals surface area contributed by atoms with Crippen LogP contribution in [0.1, 0.15) is 22.9 Å². The number of para-hydroxylation sites is 4. The third kappa shape index (κ3) is 4.30. The standard InChI is InChI=1S/C45H27N3O3/c1-2-11-26(12-3-1)43-46-44(33-18-10-22-39-40(33)32-14-5-7-21-37(32)50-39)48-45(47-43)34-19-9-17-31-30-16-8-15-28(41(30)51-42(31)34)27-23-24-38-35(25-27)29-13-4-6-20-36(29)49-38/h1-25,44H,(H,46,47,48). The smallest absolute Gasteiger partial charge is 0.163 e. The summed E-state index contributed by atoms with van der Waals surface area (Å²) in [7, 11) is 0. The summed E-state index contributed by atoms with van der Waals surface area (Å²) in [4.78, 5) is 10.4. The van der Waals surface area contributed by atoms with Crippen molar-refractivity contribution in [3.05, 3.63) is 168 Å². The van der Waals surface area contributed by atoms with Crippen LogP contribution in [0.3, 0.4) is 0 Å². The zero-order valence-corrected chi connectivity index (χ0v) is 27.1. The summed E-state index contributed by atoms with van der Waals surface area (Å²) >= 11 is 0. The second-order valence-electron chi connectivity index (χ2n) is 12.9. The van der Waals surface area contributed by atoms with Crippen molar-refractivity contribution < 1.29 is 13.3 Å². The Morgan fingerprint density at radius 3 is 1.92 bits per heavy atom. The van der Waals surface area contributed by atoms with Crippen LogP contribution < -0.4 is 5.32 Å². The van der Waals surface area contributed by atoms with Crippen LogP contribution in [0.5, 0.6) is 0 Å². The molecule has 10 aromatic rings. The van der Waals surface area contributed by atoms with E-state index in [1.54, 1.807) is 0 Å². The molecule has 11 rings (SSSR count). The van der Waals surface area contributed by atoms with E-state index in [1.165, 1.54) is 0 Å². The number of fused-ring (bicyclic) bond motifs is 9. The van der Waals surface area contributed by atoms with Crippen LogP contribution in [-0.4, -0.2) is 11.7 Å². The molecule has 51 heavy (non-hydrogen) atoms. The number of hydrogen-bond acceptors (Lipinski definition) is 6. The Balaban J connectivity index is 1.11. The summed E-state index contributed by atoms with van der Waals surface area (Å²) in [5, 5.41) is 9.96. The molecule has 0 spiro atoms. The summed E-state index contributed by atoms with van der Waals surface area (Å²) < 4.78 is 19.3. The van der Waals surface area contributed by atoms with E-state index in [9.17, 15) is 0 Å². The molecule has 1 aliphatic rings. The molecular formula is C45H27N3O3. The average Bonchev–Trinajstić information content (AvgIpc) is 3.89. The molecule has 0 bridgehead atoms. The molecule has 1 aliphatic heterocycles. The first-order valence-corrected chi connectivity index (χ1v) is 17.0. The molecule has 1 N–H and O–H groups in total. The first kappa shape index (κ1) is 28.0. The number of furan rings is 3. The maximum Gasteiger partial charge on any atom is 0.163 e. The zero-order valence-electron chi connectivity index (χ0n) is 27.1. The van der Waals surface area contributed by atoms with Gasteiger partial charge in [-0.15, -0.1) is 0 Å². The van der Waals surface area contributed by atoms with Crippen LogP contribution >= 0.6 is 0 Å². The number of hydrogen-bond donors (Lipinski definition) is 1. The summed E-state index contributed by atoms with van der Waals surface area (Å²) in [5.41, 5.74) is 9.87. The van der Waals surface area contributed by atoms with Crippen molar-refractivity contribution in [2.45, 2.75) is 6.17 Å². The predicted octanol–water partition coefficient (Wildman–Crippen LogP) is 11.5. The van der Waals surface area contributed by atoms with Gasteiger partial charge in [0.25, 0.3) is 0 Å². The highest BCUT2D eigenvalue weighted by Crippen LogP contribution is 2.41. The number of rotatable bonds is 4. The van der Waals surface area contributed by atoms with Gasteiger partial charge < -0.3 is 18.6 Å². The molecule has 6 heteroatoms. The Hall–Kier alpha value is -6.92. The SMILES string of the molecule is c1ccc(C2=NC(c3cccc4c3oc3c(-c5ccc6oc7ccccc7c6c5)cccc34)=NC(c3cccc4oc5ccccc5c34)N2)cc1. The van der Waals surface area contributed by atoms with E-state index in [0.717, 1.165) is 99.5 Å². The number of nitrogens with one attached hydrogen (secondary N) is 1. The Kier molecular flexibility index (Phi) is 5.92. The lowest BCUT2D eigenvalue weighted by Gasteiger charge is -2.24. The molecule has 0 radical (unpaired) electrons. The Labute approximate surface area is 291 Å². The molecule has 0 saturated heterocycles. The summed E-state index contributed by atoms with van der Waals surface area (Å²) in [5.74, 6) is 1.34. The molecule has 1 unspecified atom stereocenters. The Morgan fingerprint density at radius 2 is 1.08 bits per heavy atom. The third-order valence-electron chi connectivity index (χ3n) is 9.97. The van der Waals surface area contributed by atoms with Gasteiger partial charge in [0.05, 0.1) is 5.56 Å². The molecule has 6 nitrogen and oxygen atoms in total. The van der Waals surface area contributed by atoms with E-state index in [0.29, 0.717) is 5.84 Å². The maximum absolute atomic E-state index is 6.89. The van der Waals surface area contributed by atoms with Crippen LogP contribution in [0.15, 0.2) is 175 Å². The van der Waals surface area contributed by atoms with Crippen molar-refractivity contribution in [2.75, 3.05) is 0 Å². The van der Waals surface area contributed by atoms with E-state index in [-0.39, 0.29) is 0 Å². The molecular weight excluding hydrogens is 631 g/mol. The first-order chi connectivity index (χ1) is 25.3. The van der Waals surface area contributed by atoms with Crippen LogP contribution in [0.2, 0.25) is 0 Å². The Bertz CT molecular complexity index is 3070. The van der Waals surface area contributed by atoms with Gasteiger partial charge in [-0.1, -0.05) is 115 Å². The van der Waals surface area contributed by atoms with Gasteiger partial charge in [-0.05, 0) is 42.0 Å². The van der Waals surface area contributed by atoms with E-state index < -0.39 is 6.17 Å². The molecule has 1 atom stereocenters. The van der Waals surface area contributed by atoms with Crippen molar-refractivity contribution in [1.29, 1.82) is 0 Å². The highest BCUT2D eigenvalue weighted by atomic mass is 16.3. The fraction of sp³-hybridized carbons (Fsp3) is 0.0222. The van der Waals surface area contributed by atoms with Crippen LogP contribution in [0, 0.1) is 0 Å². The molecule has 7 aromatic carbocycles. The Morgan fingerprint density at radius 1 is 0.451 bits per heavy atom. The molecule has 0 fully saturated rings. The fourth-order valence-electron chi connectivity index (χ4n) is 7.62. The first-order valence-electron chi connectivity index (χ1n) is 17.0. The van der Waals surface area contributed by atoms with Gasteiger partial charge in [-0.3, -0.25) is 0 Å². The molecule has 0 amide bonds. The minimum absolute atomic E-state index is 0.427. The molecule has 0 saturated carbocycles. The minimum atomic E-state index is -0.427. The third-order valence-corrected chi connectivity index (χ3v) is 9.97. The fourth-order valence-corrected chi connectivity index (χ4v) is 7.62. The van der Waals surface area contributed by atoms with Gasteiger partial charge in [-0.2, -0.15) is 0 Å². The van der Waals surface area contributed by atoms with E-state index >= 15 is 0 Å². The second-order valence-corrected chi connectivity index (χ2v) is 12.9. The van der Waals surface area contributed by atoms with Crippen molar-refractivity contribution >= 4 is 77.5 Å². The average molecular weight is 658 g/mol. The quantitative estimate of drug-likeness (QED) is 0.204. The molecule has 4 heterocycles. The van der Waals surface area contributed by atoms with Crippen LogP contribution in [-0.2, 0) is 0 Å². The number of benzene rings is 7. The predicted molar refractivity (Wildman–Crippen MR) is 206 cm³/mol. The lowest BCUT2D eigenvalue weighted by molar-refractivity contribution is 0.660. The largest absolute Gasteiger partial charge is 0.456 e. The van der Waals surface area contributed by atoms with Crippen molar-refractivity contribution in [2.24, 2.45) is 9.98 Å². The maximum atomic E-state index is 6.89. The number of aliphatic imine (C=N–C) groups is 2. The number of amidine groups is 2. The second kappa shape index (κ2) is 10.8. The highest BCUT2D eigenvalue weighted by molar-refractivity contribution is 6.21. The van der Waals surface area contributed by atoms with Crippen LogP contribution in [0.25, 0.3) is 76.9 Å². The van der Waals surface area contributed by atoms with Gasteiger partial charge in [0.2, 0.25) is 0 Å². The van der Waals surface area contributed by atoms with E-state index in [1.807, 2.05) is 72.8 Å². The summed E-state index contributed by atoms with van der Waals surface area (Å²) in [6.07, 6.45) is -0.427. The van der Waals surface area contributed by atoms with Gasteiger partial charge >= 0.3 is 0 Å². The summed E-state index contributed by atoms with van der Waals surface area (Å²) in [6, 6.07) is 51.5. The zero-order chi connectivity index (χ0) is 33.5.